The molecule has 6 aromatic rings. The van der Waals surface area contributed by atoms with E-state index in [1.165, 1.54) is 54.6 Å². The monoisotopic (exact) mass is 761 g/mol. The summed E-state index contributed by atoms with van der Waals surface area (Å²) in [6, 6.07) is 33.3. The van der Waals surface area contributed by atoms with Gasteiger partial charge in [-0.15, -0.1) is 0 Å². The molecule has 0 aliphatic carbocycles. The third-order valence-electron chi connectivity index (χ3n) is 7.95. The van der Waals surface area contributed by atoms with Crippen LogP contribution in [-0.4, -0.2) is 0 Å². The molecular formula is C42H24F9NO3. The van der Waals surface area contributed by atoms with Crippen molar-refractivity contribution in [2.24, 2.45) is 0 Å². The van der Waals surface area contributed by atoms with Crippen molar-refractivity contribution in [2.45, 2.75) is 0 Å². The molecule has 0 aliphatic rings. The molecule has 0 N–H and O–H groups in total. The first-order valence-corrected chi connectivity index (χ1v) is 16.0. The average molecular weight is 762 g/mol. The lowest BCUT2D eigenvalue weighted by Crippen LogP contribution is -2.09. The Bertz CT molecular complexity index is 2120. The van der Waals surface area contributed by atoms with Crippen LogP contribution in [0.2, 0.25) is 0 Å². The molecule has 0 spiro atoms. The Hall–Kier alpha value is -6.89. The van der Waals surface area contributed by atoms with Gasteiger partial charge in [0, 0.05) is 17.1 Å². The molecule has 13 heteroatoms. The minimum atomic E-state index is -2.59. The summed E-state index contributed by atoms with van der Waals surface area (Å²) < 4.78 is 130. The van der Waals surface area contributed by atoms with Crippen LogP contribution in [0.25, 0.3) is 33.4 Å². The van der Waals surface area contributed by atoms with E-state index in [9.17, 15) is 39.5 Å². The lowest BCUT2D eigenvalue weighted by atomic mass is 10.0. The minimum Gasteiger partial charge on any atom is -0.428 e. The molecule has 6 aromatic carbocycles. The van der Waals surface area contributed by atoms with Crippen LogP contribution in [0.1, 0.15) is 0 Å². The molecule has 0 fully saturated rings. The number of hydrogen-bond acceptors (Lipinski definition) is 4. The molecule has 0 heterocycles. The molecule has 6 rings (SSSR count). The summed E-state index contributed by atoms with van der Waals surface area (Å²) in [5, 5.41) is 0. The standard InChI is InChI=1S/C42H24F9NO3/c43-37(44)40(49)53-34-7-1-4-28(22-34)25-10-16-31(17-11-25)52(32-18-12-26(13-19-32)29-5-2-8-35(23-29)54-41(50)38(45)46)33-20-14-27(15-21-33)30-6-3-9-36(24-30)55-42(51)39(47)48/h1-24H. The van der Waals surface area contributed by atoms with Crippen LogP contribution in [0, 0.1) is 0 Å². The number of rotatable bonds is 12. The third-order valence-corrected chi connectivity index (χ3v) is 7.95. The van der Waals surface area contributed by atoms with Crippen molar-refractivity contribution < 1.29 is 53.7 Å². The van der Waals surface area contributed by atoms with Gasteiger partial charge in [0.05, 0.1) is 0 Å². The summed E-state index contributed by atoms with van der Waals surface area (Å²) in [7, 11) is 0. The lowest BCUT2D eigenvalue weighted by molar-refractivity contribution is 0.241. The van der Waals surface area contributed by atoms with E-state index in [0.29, 0.717) is 50.4 Å². The summed E-state index contributed by atoms with van der Waals surface area (Å²) in [6.45, 7) is 0. The van der Waals surface area contributed by atoms with Gasteiger partial charge < -0.3 is 19.1 Å². The zero-order valence-corrected chi connectivity index (χ0v) is 27.9. The van der Waals surface area contributed by atoms with Gasteiger partial charge in [-0.2, -0.15) is 39.5 Å². The molecule has 0 aromatic heterocycles. The molecule has 0 saturated heterocycles. The molecule has 0 unspecified atom stereocenters. The van der Waals surface area contributed by atoms with Gasteiger partial charge >= 0.3 is 36.3 Å². The molecule has 278 valence electrons. The van der Waals surface area contributed by atoms with Gasteiger partial charge in [-0.25, -0.2) is 0 Å². The average Bonchev–Trinajstić information content (AvgIpc) is 3.19. The van der Waals surface area contributed by atoms with Crippen LogP contribution >= 0.6 is 0 Å². The molecule has 4 nitrogen and oxygen atoms in total. The quantitative estimate of drug-likeness (QED) is 0.0918. The maximum absolute atomic E-state index is 13.4. The van der Waals surface area contributed by atoms with Crippen molar-refractivity contribution >= 4 is 17.1 Å². The maximum Gasteiger partial charge on any atom is 0.344 e. The molecule has 0 amide bonds. The van der Waals surface area contributed by atoms with E-state index in [1.54, 1.807) is 91.0 Å². The van der Waals surface area contributed by atoms with Crippen molar-refractivity contribution in [1.29, 1.82) is 0 Å². The van der Waals surface area contributed by atoms with Crippen LogP contribution in [-0.2, 0) is 0 Å². The molecule has 0 aliphatic heterocycles. The molecule has 0 saturated carbocycles. The van der Waals surface area contributed by atoms with E-state index in [4.69, 9.17) is 0 Å². The van der Waals surface area contributed by atoms with Gasteiger partial charge in [-0.3, -0.25) is 0 Å². The van der Waals surface area contributed by atoms with E-state index in [-0.39, 0.29) is 17.2 Å². The van der Waals surface area contributed by atoms with Gasteiger partial charge in [0.2, 0.25) is 0 Å². The fourth-order valence-corrected chi connectivity index (χ4v) is 5.50. The van der Waals surface area contributed by atoms with Crippen LogP contribution in [0.5, 0.6) is 17.2 Å². The molecule has 0 atom stereocenters. The van der Waals surface area contributed by atoms with E-state index in [2.05, 4.69) is 14.2 Å². The number of halogens is 9. The highest BCUT2D eigenvalue weighted by molar-refractivity contribution is 5.81. The summed E-state index contributed by atoms with van der Waals surface area (Å²) in [5.41, 5.74) is 5.66. The summed E-state index contributed by atoms with van der Waals surface area (Å²) in [4.78, 5) is 1.90. The van der Waals surface area contributed by atoms with Gasteiger partial charge in [0.25, 0.3) is 0 Å². The first-order valence-electron chi connectivity index (χ1n) is 16.0. The SMILES string of the molecule is FC(F)=C(F)Oc1cccc(-c2ccc(N(c3ccc(-c4cccc(OC(F)=C(F)F)c4)cc3)c3ccc(-c4cccc(OC(F)=C(F)F)c4)cc3)cc2)c1. The van der Waals surface area contributed by atoms with Gasteiger partial charge in [0.15, 0.2) is 0 Å². The summed E-state index contributed by atoms with van der Waals surface area (Å²) in [5.74, 6) is -0.388. The fourth-order valence-electron chi connectivity index (χ4n) is 5.50. The Morgan fingerprint density at radius 3 is 0.800 bits per heavy atom. The van der Waals surface area contributed by atoms with Gasteiger partial charge in [-0.1, -0.05) is 72.8 Å². The number of anilines is 3. The highest BCUT2D eigenvalue weighted by atomic mass is 19.3. The first-order chi connectivity index (χ1) is 26.4. The Balaban J connectivity index is 1.34. The lowest BCUT2D eigenvalue weighted by Gasteiger charge is -2.26. The molecular weight excluding hydrogens is 737 g/mol. The first kappa shape index (κ1) is 37.9. The second-order valence-corrected chi connectivity index (χ2v) is 11.5. The van der Waals surface area contributed by atoms with Crippen molar-refractivity contribution in [2.75, 3.05) is 4.90 Å². The highest BCUT2D eigenvalue weighted by Gasteiger charge is 2.16. The summed E-state index contributed by atoms with van der Waals surface area (Å²) in [6.07, 6.45) is -7.76. The molecule has 0 bridgehead atoms. The molecule has 55 heavy (non-hydrogen) atoms. The van der Waals surface area contributed by atoms with E-state index in [1.807, 2.05) is 4.90 Å². The van der Waals surface area contributed by atoms with Crippen molar-refractivity contribution in [3.8, 4) is 50.6 Å². The normalized spacial score (nSPS) is 10.6. The third kappa shape index (κ3) is 9.38. The van der Waals surface area contributed by atoms with E-state index >= 15 is 0 Å². The predicted molar refractivity (Wildman–Crippen MR) is 190 cm³/mol. The number of benzene rings is 6. The van der Waals surface area contributed by atoms with Crippen molar-refractivity contribution in [1.82, 2.24) is 0 Å². The van der Waals surface area contributed by atoms with E-state index in [0.717, 1.165) is 0 Å². The Labute approximate surface area is 307 Å². The van der Waals surface area contributed by atoms with Crippen LogP contribution in [0.4, 0.5) is 56.6 Å². The van der Waals surface area contributed by atoms with Crippen molar-refractivity contribution in [3.05, 3.63) is 182 Å². The van der Waals surface area contributed by atoms with Crippen molar-refractivity contribution in [3.63, 3.8) is 0 Å². The maximum atomic E-state index is 13.4. The van der Waals surface area contributed by atoms with Crippen LogP contribution in [0.3, 0.4) is 0 Å². The second-order valence-electron chi connectivity index (χ2n) is 11.5. The number of nitrogens with zero attached hydrogens (tertiary/aromatic N) is 1. The second kappa shape index (κ2) is 16.8. The minimum absolute atomic E-state index is 0.129. The van der Waals surface area contributed by atoms with Crippen LogP contribution < -0.4 is 19.1 Å². The van der Waals surface area contributed by atoms with E-state index < -0.39 is 36.3 Å². The predicted octanol–water partition coefficient (Wildman–Crippen LogP) is 14.4. The molecule has 0 radical (unpaired) electrons. The Morgan fingerprint density at radius 2 is 0.564 bits per heavy atom. The fraction of sp³-hybridized carbons (Fsp3) is 0. The highest BCUT2D eigenvalue weighted by Crippen LogP contribution is 2.39. The number of ether oxygens (including phenoxy) is 3. The van der Waals surface area contributed by atoms with Gasteiger partial charge in [0.1, 0.15) is 17.2 Å². The number of hydrogen-bond donors (Lipinski definition) is 0. The Kier molecular flexibility index (Phi) is 11.6. The topological polar surface area (TPSA) is 30.9 Å². The largest absolute Gasteiger partial charge is 0.428 e. The van der Waals surface area contributed by atoms with Gasteiger partial charge in [-0.05, 0) is 106 Å². The zero-order chi connectivity index (χ0) is 39.1. The Morgan fingerprint density at radius 1 is 0.309 bits per heavy atom. The smallest absolute Gasteiger partial charge is 0.344 e. The van der Waals surface area contributed by atoms with Crippen LogP contribution in [0.15, 0.2) is 182 Å². The zero-order valence-electron chi connectivity index (χ0n) is 27.9. The summed E-state index contributed by atoms with van der Waals surface area (Å²) >= 11 is 0.